The van der Waals surface area contributed by atoms with Crippen LogP contribution in [-0.4, -0.2) is 42.4 Å². The van der Waals surface area contributed by atoms with Crippen LogP contribution in [0.1, 0.15) is 30.2 Å². The SMILES string of the molecule is CC(C)n1nccc1NC(=O)COC(=O)c1ccc(S(=O)(=O)C(F)F)cc1. The third kappa shape index (κ3) is 4.88. The molecule has 8 nitrogen and oxygen atoms in total. The molecule has 0 radical (unpaired) electrons. The van der Waals surface area contributed by atoms with Crippen molar-refractivity contribution in [3.63, 3.8) is 0 Å². The maximum Gasteiger partial charge on any atom is 0.341 e. The molecular weight excluding hydrogens is 384 g/mol. The van der Waals surface area contributed by atoms with E-state index in [1.54, 1.807) is 10.7 Å². The van der Waals surface area contributed by atoms with Gasteiger partial charge < -0.3 is 10.1 Å². The summed E-state index contributed by atoms with van der Waals surface area (Å²) in [6.07, 6.45) is 1.51. The zero-order valence-corrected chi connectivity index (χ0v) is 15.2. The molecular formula is C16H17F2N3O5S. The Morgan fingerprint density at radius 3 is 2.37 bits per heavy atom. The van der Waals surface area contributed by atoms with Crippen LogP contribution < -0.4 is 5.32 Å². The van der Waals surface area contributed by atoms with Crippen molar-refractivity contribution in [2.45, 2.75) is 30.5 Å². The van der Waals surface area contributed by atoms with Crippen LogP contribution >= 0.6 is 0 Å². The average molecular weight is 401 g/mol. The molecule has 2 rings (SSSR count). The minimum atomic E-state index is -4.74. The molecule has 11 heteroatoms. The van der Waals surface area contributed by atoms with E-state index in [1.807, 2.05) is 13.8 Å². The highest BCUT2D eigenvalue weighted by atomic mass is 32.2. The second-order valence-electron chi connectivity index (χ2n) is 5.71. The van der Waals surface area contributed by atoms with Gasteiger partial charge in [0.25, 0.3) is 5.91 Å². The van der Waals surface area contributed by atoms with Gasteiger partial charge in [-0.2, -0.15) is 13.9 Å². The molecule has 1 aromatic heterocycles. The molecule has 0 aliphatic carbocycles. The molecule has 0 spiro atoms. The number of rotatable bonds is 7. The summed E-state index contributed by atoms with van der Waals surface area (Å²) in [7, 11) is -4.74. The second kappa shape index (κ2) is 8.25. The van der Waals surface area contributed by atoms with Crippen molar-refractivity contribution in [2.24, 2.45) is 0 Å². The molecule has 0 atom stereocenters. The van der Waals surface area contributed by atoms with Gasteiger partial charge >= 0.3 is 11.7 Å². The van der Waals surface area contributed by atoms with Gasteiger partial charge in [0.1, 0.15) is 5.82 Å². The van der Waals surface area contributed by atoms with E-state index in [9.17, 15) is 26.8 Å². The predicted octanol–water partition coefficient (Wildman–Crippen LogP) is 2.26. The largest absolute Gasteiger partial charge is 0.452 e. The monoisotopic (exact) mass is 401 g/mol. The standard InChI is InChI=1S/C16H17F2N3O5S/c1-10(2)21-13(7-8-19-21)20-14(22)9-26-15(23)11-3-5-12(6-4-11)27(24,25)16(17)18/h3-8,10,16H,9H2,1-2H3,(H,20,22). The van der Waals surface area contributed by atoms with Gasteiger partial charge in [-0.3, -0.25) is 4.79 Å². The first kappa shape index (κ1) is 20.5. The smallest absolute Gasteiger partial charge is 0.341 e. The van der Waals surface area contributed by atoms with E-state index in [4.69, 9.17) is 4.74 Å². The van der Waals surface area contributed by atoms with Crippen LogP contribution in [0.4, 0.5) is 14.6 Å². The first-order chi connectivity index (χ1) is 12.6. The topological polar surface area (TPSA) is 107 Å². The van der Waals surface area contributed by atoms with E-state index < -0.39 is 39.0 Å². The number of carbonyl (C=O) groups excluding carboxylic acids is 2. The van der Waals surface area contributed by atoms with Gasteiger partial charge in [0.15, 0.2) is 6.61 Å². The lowest BCUT2D eigenvalue weighted by molar-refractivity contribution is -0.119. The van der Waals surface area contributed by atoms with E-state index in [0.717, 1.165) is 24.3 Å². The van der Waals surface area contributed by atoms with Gasteiger partial charge in [-0.05, 0) is 38.1 Å². The lowest BCUT2D eigenvalue weighted by atomic mass is 10.2. The number of sulfone groups is 1. The Kier molecular flexibility index (Phi) is 6.26. The molecule has 1 aromatic carbocycles. The van der Waals surface area contributed by atoms with Gasteiger partial charge in [0, 0.05) is 12.1 Å². The van der Waals surface area contributed by atoms with E-state index >= 15 is 0 Å². The molecule has 1 amide bonds. The fourth-order valence-corrected chi connectivity index (χ4v) is 2.82. The zero-order chi connectivity index (χ0) is 20.2. The number of alkyl halides is 2. The number of benzene rings is 1. The lowest BCUT2D eigenvalue weighted by Crippen LogP contribution is -2.23. The Labute approximate surface area is 154 Å². The number of carbonyl (C=O) groups is 2. The number of esters is 1. The molecule has 0 saturated carbocycles. The van der Waals surface area contributed by atoms with Gasteiger partial charge in [-0.1, -0.05) is 0 Å². The molecule has 0 fully saturated rings. The molecule has 0 aliphatic heterocycles. The first-order valence-electron chi connectivity index (χ1n) is 7.75. The average Bonchev–Trinajstić information content (AvgIpc) is 3.08. The van der Waals surface area contributed by atoms with Gasteiger partial charge in [0.05, 0.1) is 16.7 Å². The summed E-state index contributed by atoms with van der Waals surface area (Å²) in [4.78, 5) is 23.2. The number of amides is 1. The van der Waals surface area contributed by atoms with E-state index in [0.29, 0.717) is 5.82 Å². The van der Waals surface area contributed by atoms with Crippen LogP contribution in [0, 0.1) is 0 Å². The number of hydrogen-bond donors (Lipinski definition) is 1. The van der Waals surface area contributed by atoms with Crippen molar-refractivity contribution in [1.82, 2.24) is 9.78 Å². The fourth-order valence-electron chi connectivity index (χ4n) is 2.10. The van der Waals surface area contributed by atoms with Gasteiger partial charge in [0.2, 0.25) is 9.84 Å². The number of ether oxygens (including phenoxy) is 1. The molecule has 0 aliphatic rings. The number of anilines is 1. The van der Waals surface area contributed by atoms with Crippen LogP contribution in [0.25, 0.3) is 0 Å². The third-order valence-electron chi connectivity index (χ3n) is 3.41. The highest BCUT2D eigenvalue weighted by Gasteiger charge is 2.26. The van der Waals surface area contributed by atoms with Crippen LogP contribution in [0.15, 0.2) is 41.4 Å². The second-order valence-corrected chi connectivity index (χ2v) is 7.63. The van der Waals surface area contributed by atoms with Crippen LogP contribution in [0.5, 0.6) is 0 Å². The highest BCUT2D eigenvalue weighted by Crippen LogP contribution is 2.19. The van der Waals surface area contributed by atoms with E-state index in [-0.39, 0.29) is 11.6 Å². The van der Waals surface area contributed by atoms with E-state index in [2.05, 4.69) is 10.4 Å². The van der Waals surface area contributed by atoms with E-state index in [1.165, 1.54) is 6.20 Å². The summed E-state index contributed by atoms with van der Waals surface area (Å²) < 4.78 is 54.0. The minimum Gasteiger partial charge on any atom is -0.452 e. The minimum absolute atomic E-state index is 0.0147. The number of hydrogen-bond acceptors (Lipinski definition) is 6. The summed E-state index contributed by atoms with van der Waals surface area (Å²) >= 11 is 0. The summed E-state index contributed by atoms with van der Waals surface area (Å²) in [6.45, 7) is 3.17. The first-order valence-corrected chi connectivity index (χ1v) is 9.30. The highest BCUT2D eigenvalue weighted by molar-refractivity contribution is 7.91. The molecule has 146 valence electrons. The molecule has 1 N–H and O–H groups in total. The molecule has 0 saturated heterocycles. The van der Waals surface area contributed by atoms with Gasteiger partial charge in [-0.15, -0.1) is 0 Å². The Bertz CT molecular complexity index is 924. The van der Waals surface area contributed by atoms with Crippen LogP contribution in [-0.2, 0) is 19.4 Å². The Balaban J connectivity index is 1.95. The summed E-state index contributed by atoms with van der Waals surface area (Å²) in [5.41, 5.74) is -0.0803. The molecule has 0 unspecified atom stereocenters. The normalized spacial score (nSPS) is 11.6. The lowest BCUT2D eigenvalue weighted by Gasteiger charge is -2.12. The Morgan fingerprint density at radius 1 is 1.19 bits per heavy atom. The summed E-state index contributed by atoms with van der Waals surface area (Å²) in [5, 5.41) is 6.59. The number of nitrogens with one attached hydrogen (secondary N) is 1. The van der Waals surface area contributed by atoms with Crippen molar-refractivity contribution in [1.29, 1.82) is 0 Å². The quantitative estimate of drug-likeness (QED) is 0.713. The Morgan fingerprint density at radius 2 is 1.81 bits per heavy atom. The van der Waals surface area contributed by atoms with Gasteiger partial charge in [-0.25, -0.2) is 17.9 Å². The number of halogens is 2. The molecule has 27 heavy (non-hydrogen) atoms. The summed E-state index contributed by atoms with van der Waals surface area (Å²) in [5.74, 6) is -4.61. The van der Waals surface area contributed by atoms with Crippen molar-refractivity contribution in [3.8, 4) is 0 Å². The van der Waals surface area contributed by atoms with Crippen molar-refractivity contribution in [3.05, 3.63) is 42.1 Å². The van der Waals surface area contributed by atoms with Crippen LogP contribution in [0.2, 0.25) is 0 Å². The summed E-state index contributed by atoms with van der Waals surface area (Å²) in [6, 6.07) is 5.41. The molecule has 0 bridgehead atoms. The Hall–Kier alpha value is -2.82. The number of aromatic nitrogens is 2. The predicted molar refractivity (Wildman–Crippen MR) is 91.2 cm³/mol. The number of nitrogens with zero attached hydrogens (tertiary/aromatic N) is 2. The van der Waals surface area contributed by atoms with Crippen molar-refractivity contribution in [2.75, 3.05) is 11.9 Å². The van der Waals surface area contributed by atoms with Crippen molar-refractivity contribution < 1.29 is 31.5 Å². The van der Waals surface area contributed by atoms with Crippen LogP contribution in [0.3, 0.4) is 0 Å². The maximum atomic E-state index is 12.5. The third-order valence-corrected chi connectivity index (χ3v) is 4.81. The fraction of sp³-hybridized carbons (Fsp3) is 0.312. The molecule has 2 aromatic rings. The van der Waals surface area contributed by atoms with Crippen molar-refractivity contribution >= 4 is 27.5 Å². The zero-order valence-electron chi connectivity index (χ0n) is 14.4. The molecule has 1 heterocycles. The maximum absolute atomic E-state index is 12.5.